The fraction of sp³-hybridized carbons (Fsp3) is 0.348. The van der Waals surface area contributed by atoms with Gasteiger partial charge in [0.1, 0.15) is 11.3 Å². The highest BCUT2D eigenvalue weighted by Crippen LogP contribution is 2.28. The third-order valence-corrected chi connectivity index (χ3v) is 5.31. The minimum atomic E-state index is -0.0253. The molecule has 1 N–H and O–H groups in total. The number of para-hydroxylation sites is 1. The smallest absolute Gasteiger partial charge is 0.224 e. The normalized spacial score (nSPS) is 12.4. The number of carbonyl (C=O) groups is 1. The Morgan fingerprint density at radius 2 is 1.93 bits per heavy atom. The maximum absolute atomic E-state index is 12.6. The Kier molecular flexibility index (Phi) is 6.05. The van der Waals surface area contributed by atoms with Crippen molar-refractivity contribution in [2.24, 2.45) is 0 Å². The summed E-state index contributed by atoms with van der Waals surface area (Å²) in [5, 5.41) is 4.07. The molecular weight excluding hydrogens is 352 g/mol. The van der Waals surface area contributed by atoms with Crippen molar-refractivity contribution in [1.29, 1.82) is 0 Å². The van der Waals surface area contributed by atoms with Crippen molar-refractivity contribution in [3.8, 4) is 5.75 Å². The number of hydrogen-bond donors (Lipinski definition) is 1. The van der Waals surface area contributed by atoms with Gasteiger partial charge < -0.3 is 19.4 Å². The van der Waals surface area contributed by atoms with E-state index >= 15 is 0 Å². The molecule has 5 heteroatoms. The lowest BCUT2D eigenvalue weighted by molar-refractivity contribution is -0.120. The molecule has 0 fully saturated rings. The minimum absolute atomic E-state index is 0.0195. The number of furan rings is 1. The lowest BCUT2D eigenvalue weighted by atomic mass is 10.0. The van der Waals surface area contributed by atoms with E-state index < -0.39 is 0 Å². The number of fused-ring (bicyclic) bond motifs is 1. The number of hydrogen-bond acceptors (Lipinski definition) is 4. The first-order valence-corrected chi connectivity index (χ1v) is 9.44. The van der Waals surface area contributed by atoms with Crippen LogP contribution in [-0.2, 0) is 11.2 Å². The predicted octanol–water partition coefficient (Wildman–Crippen LogP) is 4.02. The molecule has 2 aromatic carbocycles. The third-order valence-electron chi connectivity index (χ3n) is 5.31. The zero-order valence-corrected chi connectivity index (χ0v) is 17.2. The second kappa shape index (κ2) is 8.48. The lowest BCUT2D eigenvalue weighted by Crippen LogP contribution is -2.35. The van der Waals surface area contributed by atoms with Gasteiger partial charge >= 0.3 is 0 Å². The van der Waals surface area contributed by atoms with E-state index in [0.717, 1.165) is 33.4 Å². The van der Waals surface area contributed by atoms with Crippen LogP contribution in [0.3, 0.4) is 0 Å². The Balaban J connectivity index is 1.71. The molecule has 1 amide bonds. The summed E-state index contributed by atoms with van der Waals surface area (Å²) < 4.78 is 11.2. The molecule has 0 bridgehead atoms. The van der Waals surface area contributed by atoms with Crippen molar-refractivity contribution < 1.29 is 13.9 Å². The van der Waals surface area contributed by atoms with E-state index in [2.05, 4.69) is 23.2 Å². The number of ether oxygens (including phenoxy) is 1. The largest absolute Gasteiger partial charge is 0.496 e. The van der Waals surface area contributed by atoms with Crippen molar-refractivity contribution in [1.82, 2.24) is 10.2 Å². The molecule has 1 atom stereocenters. The summed E-state index contributed by atoms with van der Waals surface area (Å²) >= 11 is 0. The van der Waals surface area contributed by atoms with Gasteiger partial charge in [-0.25, -0.2) is 0 Å². The van der Waals surface area contributed by atoms with Crippen LogP contribution in [0.2, 0.25) is 0 Å². The van der Waals surface area contributed by atoms with E-state index in [1.807, 2.05) is 51.4 Å². The first kappa shape index (κ1) is 20.0. The van der Waals surface area contributed by atoms with Crippen LogP contribution in [0.4, 0.5) is 0 Å². The zero-order chi connectivity index (χ0) is 20.3. The number of aryl methyl sites for hydroxylation is 2. The summed E-state index contributed by atoms with van der Waals surface area (Å²) in [5.74, 6) is 0.796. The van der Waals surface area contributed by atoms with Gasteiger partial charge in [0.05, 0.1) is 25.8 Å². The molecule has 3 rings (SSSR count). The number of benzene rings is 2. The van der Waals surface area contributed by atoms with Gasteiger partial charge in [-0.3, -0.25) is 4.79 Å². The Morgan fingerprint density at radius 3 is 2.64 bits per heavy atom. The van der Waals surface area contributed by atoms with Crippen molar-refractivity contribution >= 4 is 16.9 Å². The van der Waals surface area contributed by atoms with E-state index in [0.29, 0.717) is 13.0 Å². The molecule has 0 unspecified atom stereocenters. The second-order valence-corrected chi connectivity index (χ2v) is 7.35. The molecule has 0 saturated heterocycles. The van der Waals surface area contributed by atoms with E-state index in [-0.39, 0.29) is 11.9 Å². The van der Waals surface area contributed by atoms with Gasteiger partial charge in [-0.05, 0) is 45.1 Å². The number of nitrogens with one attached hydrogen (secondary N) is 1. The first-order valence-electron chi connectivity index (χ1n) is 9.44. The van der Waals surface area contributed by atoms with Crippen molar-refractivity contribution in [3.05, 3.63) is 64.9 Å². The quantitative estimate of drug-likeness (QED) is 0.673. The average Bonchev–Trinajstić information content (AvgIpc) is 3.08. The Bertz CT molecular complexity index is 975. The van der Waals surface area contributed by atoms with Gasteiger partial charge in [0, 0.05) is 23.1 Å². The number of carbonyl (C=O) groups excluding carboxylic acids is 1. The van der Waals surface area contributed by atoms with Gasteiger partial charge in [-0.15, -0.1) is 0 Å². The molecule has 0 aliphatic carbocycles. The number of nitrogens with zero attached hydrogens (tertiary/aromatic N) is 1. The Hall–Kier alpha value is -2.79. The SMILES string of the molecule is COc1ccccc1[C@H](CNC(=O)Cc1coc2c(C)c(C)ccc12)N(C)C. The fourth-order valence-corrected chi connectivity index (χ4v) is 3.48. The number of amides is 1. The molecule has 0 saturated carbocycles. The number of likely N-dealkylation sites (N-methyl/N-ethyl adjacent to an activating group) is 1. The monoisotopic (exact) mass is 380 g/mol. The Morgan fingerprint density at radius 1 is 1.18 bits per heavy atom. The summed E-state index contributed by atoms with van der Waals surface area (Å²) in [4.78, 5) is 14.7. The van der Waals surface area contributed by atoms with Crippen LogP contribution >= 0.6 is 0 Å². The first-order chi connectivity index (χ1) is 13.4. The highest BCUT2D eigenvalue weighted by molar-refractivity contribution is 5.89. The maximum atomic E-state index is 12.6. The fourth-order valence-electron chi connectivity index (χ4n) is 3.48. The van der Waals surface area contributed by atoms with Crippen LogP contribution in [-0.4, -0.2) is 38.6 Å². The Labute approximate surface area is 166 Å². The van der Waals surface area contributed by atoms with Crippen LogP contribution in [0.15, 0.2) is 47.1 Å². The zero-order valence-electron chi connectivity index (χ0n) is 17.2. The van der Waals surface area contributed by atoms with Gasteiger partial charge in [0.2, 0.25) is 5.91 Å². The molecule has 5 nitrogen and oxygen atoms in total. The molecule has 0 radical (unpaired) electrons. The topological polar surface area (TPSA) is 54.7 Å². The van der Waals surface area contributed by atoms with E-state index in [1.54, 1.807) is 13.4 Å². The van der Waals surface area contributed by atoms with Crippen LogP contribution in [0.1, 0.15) is 28.3 Å². The molecule has 1 aromatic heterocycles. The second-order valence-electron chi connectivity index (χ2n) is 7.35. The minimum Gasteiger partial charge on any atom is -0.496 e. The van der Waals surface area contributed by atoms with Gasteiger partial charge in [-0.2, -0.15) is 0 Å². The van der Waals surface area contributed by atoms with E-state index in [4.69, 9.17) is 9.15 Å². The maximum Gasteiger partial charge on any atom is 0.224 e. The van der Waals surface area contributed by atoms with Gasteiger partial charge in [0.25, 0.3) is 0 Å². The van der Waals surface area contributed by atoms with E-state index in [1.165, 1.54) is 5.56 Å². The summed E-state index contributed by atoms with van der Waals surface area (Å²) in [6, 6.07) is 12.0. The molecule has 0 spiro atoms. The lowest BCUT2D eigenvalue weighted by Gasteiger charge is -2.26. The molecule has 3 aromatic rings. The number of methoxy groups -OCH3 is 1. The average molecular weight is 380 g/mol. The van der Waals surface area contributed by atoms with Gasteiger partial charge in [-0.1, -0.05) is 30.3 Å². The molecule has 28 heavy (non-hydrogen) atoms. The predicted molar refractivity (Wildman–Crippen MR) is 112 cm³/mol. The van der Waals surface area contributed by atoms with Crippen molar-refractivity contribution in [2.75, 3.05) is 27.7 Å². The van der Waals surface area contributed by atoms with E-state index in [9.17, 15) is 4.79 Å². The highest BCUT2D eigenvalue weighted by Gasteiger charge is 2.20. The highest BCUT2D eigenvalue weighted by atomic mass is 16.5. The molecule has 0 aliphatic heterocycles. The summed E-state index contributed by atoms with van der Waals surface area (Å²) in [5.41, 5.74) is 5.13. The molecule has 1 heterocycles. The molecule has 148 valence electrons. The van der Waals surface area contributed by atoms with Crippen LogP contribution in [0.25, 0.3) is 11.0 Å². The third kappa shape index (κ3) is 4.04. The molecule has 0 aliphatic rings. The summed E-state index contributed by atoms with van der Waals surface area (Å²) in [6.07, 6.45) is 1.99. The standard InChI is InChI=1S/C23H28N2O3/c1-15-10-11-18-17(14-28-23(18)16(15)2)12-22(26)24-13-20(25(3)4)19-8-6-7-9-21(19)27-5/h6-11,14,20H,12-13H2,1-5H3,(H,24,26)/t20-/m0/s1. The van der Waals surface area contributed by atoms with Gasteiger partial charge in [0.15, 0.2) is 0 Å². The summed E-state index contributed by atoms with van der Waals surface area (Å²) in [6.45, 7) is 4.60. The van der Waals surface area contributed by atoms with Crippen LogP contribution in [0, 0.1) is 13.8 Å². The molecular formula is C23H28N2O3. The summed E-state index contributed by atoms with van der Waals surface area (Å²) in [7, 11) is 5.66. The number of rotatable bonds is 7. The van der Waals surface area contributed by atoms with Crippen molar-refractivity contribution in [3.63, 3.8) is 0 Å². The van der Waals surface area contributed by atoms with Crippen molar-refractivity contribution in [2.45, 2.75) is 26.3 Å². The van der Waals surface area contributed by atoms with Crippen LogP contribution in [0.5, 0.6) is 5.75 Å². The van der Waals surface area contributed by atoms with Crippen LogP contribution < -0.4 is 10.1 Å².